The van der Waals surface area contributed by atoms with Crippen LogP contribution >= 0.6 is 0 Å². The van der Waals surface area contributed by atoms with Gasteiger partial charge < -0.3 is 5.73 Å². The quantitative estimate of drug-likeness (QED) is 0.849. The predicted octanol–water partition coefficient (Wildman–Crippen LogP) is 2.21. The normalized spacial score (nSPS) is 39.2. The zero-order valence-corrected chi connectivity index (χ0v) is 12.6. The highest BCUT2D eigenvalue weighted by molar-refractivity contribution is 5.06. The third-order valence-electron chi connectivity index (χ3n) is 5.64. The zero-order chi connectivity index (χ0) is 13.3. The molecule has 19 heavy (non-hydrogen) atoms. The summed E-state index contributed by atoms with van der Waals surface area (Å²) in [5.41, 5.74) is 6.56. The lowest BCUT2D eigenvalue weighted by Gasteiger charge is -2.41. The van der Waals surface area contributed by atoms with Crippen LogP contribution in [-0.4, -0.2) is 53.6 Å². The molecule has 0 radical (unpaired) electrons. The summed E-state index contributed by atoms with van der Waals surface area (Å²) < 4.78 is 0. The van der Waals surface area contributed by atoms with Gasteiger partial charge in [0, 0.05) is 30.7 Å². The molecule has 1 saturated carbocycles. The molecule has 3 aliphatic rings. The summed E-state index contributed by atoms with van der Waals surface area (Å²) in [5, 5.41) is 0. The summed E-state index contributed by atoms with van der Waals surface area (Å²) in [6.07, 6.45) is 11.2. The summed E-state index contributed by atoms with van der Waals surface area (Å²) in [5.74, 6) is 0. The molecule has 2 N–H and O–H groups in total. The SMILES string of the molecule is CC1CC(CN)(N2CCCCCCC2)CN1C1CC1. The van der Waals surface area contributed by atoms with E-state index in [2.05, 4.69) is 16.7 Å². The minimum Gasteiger partial charge on any atom is -0.329 e. The Labute approximate surface area is 118 Å². The molecule has 2 aliphatic heterocycles. The fraction of sp³-hybridized carbons (Fsp3) is 1.00. The van der Waals surface area contributed by atoms with Crippen LogP contribution in [0.15, 0.2) is 0 Å². The molecule has 2 saturated heterocycles. The number of likely N-dealkylation sites (tertiary alicyclic amines) is 2. The maximum atomic E-state index is 6.27. The predicted molar refractivity (Wildman–Crippen MR) is 80.3 cm³/mol. The molecule has 0 aromatic heterocycles. The first kappa shape index (κ1) is 13.8. The van der Waals surface area contributed by atoms with Crippen molar-refractivity contribution < 1.29 is 0 Å². The van der Waals surface area contributed by atoms with Gasteiger partial charge in [-0.3, -0.25) is 9.80 Å². The first-order chi connectivity index (χ1) is 9.25. The third-order valence-corrected chi connectivity index (χ3v) is 5.64. The minimum atomic E-state index is 0.291. The van der Waals surface area contributed by atoms with E-state index in [0.717, 1.165) is 18.6 Å². The molecule has 0 aromatic carbocycles. The Hall–Kier alpha value is -0.120. The summed E-state index contributed by atoms with van der Waals surface area (Å²) in [7, 11) is 0. The fourth-order valence-corrected chi connectivity index (χ4v) is 4.35. The maximum absolute atomic E-state index is 6.27. The molecule has 3 fully saturated rings. The lowest BCUT2D eigenvalue weighted by Crippen LogP contribution is -2.56. The molecule has 110 valence electrons. The molecule has 0 spiro atoms. The van der Waals surface area contributed by atoms with Crippen LogP contribution in [0.4, 0.5) is 0 Å². The van der Waals surface area contributed by atoms with Gasteiger partial charge in [0.15, 0.2) is 0 Å². The van der Waals surface area contributed by atoms with Crippen molar-refractivity contribution in [3.8, 4) is 0 Å². The van der Waals surface area contributed by atoms with Gasteiger partial charge in [-0.05, 0) is 52.1 Å². The largest absolute Gasteiger partial charge is 0.329 e. The molecule has 3 nitrogen and oxygen atoms in total. The van der Waals surface area contributed by atoms with Crippen LogP contribution < -0.4 is 5.73 Å². The lowest BCUT2D eigenvalue weighted by molar-refractivity contribution is 0.0878. The Morgan fingerprint density at radius 1 is 1.05 bits per heavy atom. The van der Waals surface area contributed by atoms with Crippen LogP contribution in [0.2, 0.25) is 0 Å². The molecule has 2 heterocycles. The molecule has 1 aliphatic carbocycles. The van der Waals surface area contributed by atoms with Crippen LogP contribution in [0.5, 0.6) is 0 Å². The Balaban J connectivity index is 1.70. The van der Waals surface area contributed by atoms with E-state index in [1.807, 2.05) is 0 Å². The zero-order valence-electron chi connectivity index (χ0n) is 12.6. The number of rotatable bonds is 3. The van der Waals surface area contributed by atoms with Gasteiger partial charge in [-0.1, -0.05) is 19.3 Å². The van der Waals surface area contributed by atoms with Gasteiger partial charge in [-0.2, -0.15) is 0 Å². The third kappa shape index (κ3) is 2.84. The van der Waals surface area contributed by atoms with Crippen LogP contribution in [0, 0.1) is 0 Å². The van der Waals surface area contributed by atoms with Crippen molar-refractivity contribution in [3.05, 3.63) is 0 Å². The first-order valence-electron chi connectivity index (χ1n) is 8.46. The summed E-state index contributed by atoms with van der Waals surface area (Å²) >= 11 is 0. The van der Waals surface area contributed by atoms with Gasteiger partial charge in [0.25, 0.3) is 0 Å². The molecular weight excluding hydrogens is 234 g/mol. The second kappa shape index (κ2) is 5.71. The number of hydrogen-bond acceptors (Lipinski definition) is 3. The Morgan fingerprint density at radius 3 is 2.26 bits per heavy atom. The van der Waals surface area contributed by atoms with Crippen molar-refractivity contribution in [2.45, 2.75) is 75.9 Å². The molecule has 0 bridgehead atoms. The summed E-state index contributed by atoms with van der Waals surface area (Å²) in [6, 6.07) is 1.62. The molecule has 0 amide bonds. The van der Waals surface area contributed by atoms with E-state index in [9.17, 15) is 0 Å². The standard InChI is InChI=1S/C16H31N3/c1-14-11-16(12-17,13-19(14)15-7-8-15)18-9-5-3-2-4-6-10-18/h14-15H,2-13,17H2,1H3. The fourth-order valence-electron chi connectivity index (χ4n) is 4.35. The highest BCUT2D eigenvalue weighted by Crippen LogP contribution is 2.39. The minimum absolute atomic E-state index is 0.291. The highest BCUT2D eigenvalue weighted by atomic mass is 15.3. The molecule has 0 aromatic rings. The van der Waals surface area contributed by atoms with Gasteiger partial charge in [-0.25, -0.2) is 0 Å². The van der Waals surface area contributed by atoms with Gasteiger partial charge in [-0.15, -0.1) is 0 Å². The van der Waals surface area contributed by atoms with Crippen molar-refractivity contribution in [2.24, 2.45) is 5.73 Å². The molecule has 2 atom stereocenters. The monoisotopic (exact) mass is 265 g/mol. The van der Waals surface area contributed by atoms with Gasteiger partial charge in [0.1, 0.15) is 0 Å². The van der Waals surface area contributed by atoms with E-state index >= 15 is 0 Å². The first-order valence-corrected chi connectivity index (χ1v) is 8.46. The van der Waals surface area contributed by atoms with E-state index in [1.165, 1.54) is 71.0 Å². The Morgan fingerprint density at radius 2 is 1.68 bits per heavy atom. The topological polar surface area (TPSA) is 32.5 Å². The smallest absolute Gasteiger partial charge is 0.0473 e. The second-order valence-corrected chi connectivity index (χ2v) is 7.14. The molecule has 3 rings (SSSR count). The number of nitrogens with zero attached hydrogens (tertiary/aromatic N) is 2. The van der Waals surface area contributed by atoms with E-state index in [-0.39, 0.29) is 0 Å². The van der Waals surface area contributed by atoms with E-state index in [4.69, 9.17) is 5.73 Å². The van der Waals surface area contributed by atoms with E-state index in [0.29, 0.717) is 5.54 Å². The average molecular weight is 265 g/mol. The lowest BCUT2D eigenvalue weighted by atomic mass is 9.92. The second-order valence-electron chi connectivity index (χ2n) is 7.14. The molecule has 3 heteroatoms. The average Bonchev–Trinajstić information content (AvgIpc) is 3.14. The molecule has 2 unspecified atom stereocenters. The van der Waals surface area contributed by atoms with Gasteiger partial charge in [0.05, 0.1) is 0 Å². The van der Waals surface area contributed by atoms with Crippen molar-refractivity contribution in [1.29, 1.82) is 0 Å². The van der Waals surface area contributed by atoms with Crippen molar-refractivity contribution in [1.82, 2.24) is 9.80 Å². The van der Waals surface area contributed by atoms with Crippen molar-refractivity contribution >= 4 is 0 Å². The van der Waals surface area contributed by atoms with Crippen LogP contribution in [-0.2, 0) is 0 Å². The van der Waals surface area contributed by atoms with Crippen molar-refractivity contribution in [3.63, 3.8) is 0 Å². The maximum Gasteiger partial charge on any atom is 0.0473 e. The van der Waals surface area contributed by atoms with E-state index in [1.54, 1.807) is 0 Å². The van der Waals surface area contributed by atoms with Gasteiger partial charge in [0.2, 0.25) is 0 Å². The number of hydrogen-bond donors (Lipinski definition) is 1. The van der Waals surface area contributed by atoms with Crippen LogP contribution in [0.1, 0.15) is 58.3 Å². The Kier molecular flexibility index (Phi) is 4.16. The molecular formula is C16H31N3. The van der Waals surface area contributed by atoms with E-state index < -0.39 is 0 Å². The van der Waals surface area contributed by atoms with Crippen LogP contribution in [0.25, 0.3) is 0 Å². The van der Waals surface area contributed by atoms with Crippen LogP contribution in [0.3, 0.4) is 0 Å². The van der Waals surface area contributed by atoms with Crippen molar-refractivity contribution in [2.75, 3.05) is 26.2 Å². The van der Waals surface area contributed by atoms with Gasteiger partial charge >= 0.3 is 0 Å². The summed E-state index contributed by atoms with van der Waals surface area (Å²) in [4.78, 5) is 5.52. The number of nitrogens with two attached hydrogens (primary N) is 1. The highest BCUT2D eigenvalue weighted by Gasteiger charge is 2.48. The summed E-state index contributed by atoms with van der Waals surface area (Å²) in [6.45, 7) is 7.06. The Bertz CT molecular complexity index is 294.